The zero-order chi connectivity index (χ0) is 26.9. The molecule has 0 saturated carbocycles. The highest BCUT2D eigenvalue weighted by molar-refractivity contribution is 6.30. The highest BCUT2D eigenvalue weighted by Crippen LogP contribution is 2.30. The second-order valence-corrected chi connectivity index (χ2v) is 8.75. The van der Waals surface area contributed by atoms with Crippen molar-refractivity contribution in [3.63, 3.8) is 0 Å². The van der Waals surface area contributed by atoms with Crippen molar-refractivity contribution < 1.29 is 17.9 Å². The third kappa shape index (κ3) is 5.16. The lowest BCUT2D eigenvalue weighted by atomic mass is 10.0. The summed E-state index contributed by atoms with van der Waals surface area (Å²) in [6, 6.07) is 16.7. The highest BCUT2D eigenvalue weighted by atomic mass is 35.5. The second kappa shape index (κ2) is 10.1. The Kier molecular flexibility index (Phi) is 6.73. The van der Waals surface area contributed by atoms with E-state index in [-0.39, 0.29) is 12.2 Å². The summed E-state index contributed by atoms with van der Waals surface area (Å²) in [5, 5.41) is 9.33. The third-order valence-electron chi connectivity index (χ3n) is 5.77. The van der Waals surface area contributed by atoms with Gasteiger partial charge in [0.05, 0.1) is 19.9 Å². The van der Waals surface area contributed by atoms with Gasteiger partial charge < -0.3 is 4.74 Å². The van der Waals surface area contributed by atoms with Gasteiger partial charge >= 0.3 is 11.9 Å². The molecule has 2 aromatic carbocycles. The maximum Gasteiger partial charge on any atom is 0.433 e. The van der Waals surface area contributed by atoms with Crippen LogP contribution in [0.25, 0.3) is 28.9 Å². The molecule has 38 heavy (non-hydrogen) atoms. The first kappa shape index (κ1) is 25.2. The van der Waals surface area contributed by atoms with Crippen molar-refractivity contribution in [2.45, 2.75) is 12.7 Å². The van der Waals surface area contributed by atoms with Crippen molar-refractivity contribution in [2.75, 3.05) is 7.11 Å². The largest absolute Gasteiger partial charge is 0.497 e. The number of methoxy groups -OCH3 is 1. The van der Waals surface area contributed by atoms with Crippen molar-refractivity contribution in [3.05, 3.63) is 111 Å². The molecule has 3 aromatic heterocycles. The van der Waals surface area contributed by atoms with E-state index < -0.39 is 17.6 Å². The van der Waals surface area contributed by atoms with Gasteiger partial charge in [-0.15, -0.1) is 5.10 Å². The molecule has 0 aliphatic heterocycles. The van der Waals surface area contributed by atoms with Gasteiger partial charge in [0.15, 0.2) is 5.65 Å². The summed E-state index contributed by atoms with van der Waals surface area (Å²) in [6.45, 7) is -0.0810. The van der Waals surface area contributed by atoms with Crippen LogP contribution in [-0.4, -0.2) is 31.5 Å². The molecule has 0 spiro atoms. The van der Waals surface area contributed by atoms with Gasteiger partial charge in [-0.1, -0.05) is 54.1 Å². The number of nitrogens with zero attached hydrogens (tertiary/aromatic N) is 5. The smallest absolute Gasteiger partial charge is 0.433 e. The molecule has 0 fully saturated rings. The lowest BCUT2D eigenvalue weighted by Gasteiger charge is -2.08. The standard InChI is InChI=1S/C27H19ClF3N5O2/c1-38-22-4-2-3-17(13-22)5-7-20-15-33-36-25(24(20)19-8-10-21(28)11-9-19)34-35(26(36)37)16-18-6-12-23(32-14-18)27(29,30)31/h2-15H,16H2,1H3/b7-5+. The van der Waals surface area contributed by atoms with Crippen LogP contribution in [0.5, 0.6) is 5.75 Å². The van der Waals surface area contributed by atoms with Crippen LogP contribution >= 0.6 is 11.6 Å². The van der Waals surface area contributed by atoms with Crippen molar-refractivity contribution in [3.8, 4) is 16.9 Å². The number of pyridine rings is 1. The zero-order valence-corrected chi connectivity index (χ0v) is 20.6. The summed E-state index contributed by atoms with van der Waals surface area (Å²) >= 11 is 6.10. The fraction of sp³-hybridized carbons (Fsp3) is 0.111. The van der Waals surface area contributed by atoms with Crippen LogP contribution in [-0.2, 0) is 12.7 Å². The average Bonchev–Trinajstić information content (AvgIpc) is 3.22. The van der Waals surface area contributed by atoms with E-state index in [0.29, 0.717) is 27.5 Å². The van der Waals surface area contributed by atoms with Crippen molar-refractivity contribution in [1.82, 2.24) is 24.4 Å². The van der Waals surface area contributed by atoms with Gasteiger partial charge in [0.25, 0.3) is 0 Å². The Morgan fingerprint density at radius 1 is 1.03 bits per heavy atom. The minimum Gasteiger partial charge on any atom is -0.497 e. The SMILES string of the molecule is COc1cccc(/C=C/c2cnn3c(=O)n(Cc4ccc(C(F)(F)F)nc4)nc3c2-c2ccc(Cl)cc2)c1. The quantitative estimate of drug-likeness (QED) is 0.271. The number of hydrogen-bond acceptors (Lipinski definition) is 5. The molecule has 5 aromatic rings. The number of hydrogen-bond donors (Lipinski definition) is 0. The highest BCUT2D eigenvalue weighted by Gasteiger charge is 2.32. The van der Waals surface area contributed by atoms with E-state index in [4.69, 9.17) is 16.3 Å². The van der Waals surface area contributed by atoms with E-state index in [9.17, 15) is 18.0 Å². The van der Waals surface area contributed by atoms with Crippen LogP contribution in [0.15, 0.2) is 77.9 Å². The first-order valence-corrected chi connectivity index (χ1v) is 11.7. The Morgan fingerprint density at radius 3 is 2.50 bits per heavy atom. The Balaban J connectivity index is 1.60. The lowest BCUT2D eigenvalue weighted by Crippen LogP contribution is -2.23. The van der Waals surface area contributed by atoms with Gasteiger partial charge in [0.1, 0.15) is 11.4 Å². The van der Waals surface area contributed by atoms with E-state index in [1.54, 1.807) is 25.4 Å². The Morgan fingerprint density at radius 2 is 1.82 bits per heavy atom. The summed E-state index contributed by atoms with van der Waals surface area (Å²) in [4.78, 5) is 16.6. The molecule has 7 nitrogen and oxygen atoms in total. The molecule has 0 bridgehead atoms. The van der Waals surface area contributed by atoms with Gasteiger partial charge in [0, 0.05) is 22.3 Å². The molecule has 0 atom stereocenters. The number of aromatic nitrogens is 5. The van der Waals surface area contributed by atoms with E-state index >= 15 is 0 Å². The first-order chi connectivity index (χ1) is 18.2. The molecule has 0 radical (unpaired) electrons. The first-order valence-electron chi connectivity index (χ1n) is 11.3. The fourth-order valence-electron chi connectivity index (χ4n) is 3.90. The maximum atomic E-state index is 13.1. The van der Waals surface area contributed by atoms with Gasteiger partial charge in [-0.05, 0) is 47.0 Å². The monoisotopic (exact) mass is 537 g/mol. The molecule has 3 heterocycles. The number of alkyl halides is 3. The number of benzene rings is 2. The molecule has 0 aliphatic carbocycles. The van der Waals surface area contributed by atoms with Gasteiger partial charge in [-0.25, -0.2) is 9.48 Å². The number of ether oxygens (including phenoxy) is 1. The summed E-state index contributed by atoms with van der Waals surface area (Å²) < 4.78 is 46.2. The minimum atomic E-state index is -4.55. The third-order valence-corrected chi connectivity index (χ3v) is 6.02. The van der Waals surface area contributed by atoms with E-state index in [1.165, 1.54) is 6.07 Å². The second-order valence-electron chi connectivity index (χ2n) is 8.32. The summed E-state index contributed by atoms with van der Waals surface area (Å²) in [5.74, 6) is 0.710. The molecule has 0 aliphatic rings. The summed E-state index contributed by atoms with van der Waals surface area (Å²) in [5.41, 5.74) is 2.08. The van der Waals surface area contributed by atoms with Gasteiger partial charge in [-0.3, -0.25) is 4.98 Å². The van der Waals surface area contributed by atoms with Crippen LogP contribution in [0.2, 0.25) is 5.02 Å². The van der Waals surface area contributed by atoms with Crippen LogP contribution in [0, 0.1) is 0 Å². The Hall–Kier alpha value is -4.44. The number of halogens is 4. The Labute approximate surface area is 219 Å². The molecule has 5 rings (SSSR count). The van der Waals surface area contributed by atoms with E-state index in [2.05, 4.69) is 15.2 Å². The lowest BCUT2D eigenvalue weighted by molar-refractivity contribution is -0.141. The molecule has 0 N–H and O–H groups in total. The topological polar surface area (TPSA) is 74.3 Å². The van der Waals surface area contributed by atoms with Gasteiger partial charge in [0.2, 0.25) is 0 Å². The molecule has 0 saturated heterocycles. The van der Waals surface area contributed by atoms with Crippen LogP contribution in [0.4, 0.5) is 13.2 Å². The number of fused-ring (bicyclic) bond motifs is 1. The number of rotatable bonds is 6. The molecule has 192 valence electrons. The normalized spacial score (nSPS) is 11.9. The molecular formula is C27H19ClF3N5O2. The molecule has 0 unspecified atom stereocenters. The summed E-state index contributed by atoms with van der Waals surface area (Å²) in [7, 11) is 1.59. The fourth-order valence-corrected chi connectivity index (χ4v) is 4.03. The maximum absolute atomic E-state index is 13.1. The van der Waals surface area contributed by atoms with E-state index in [1.807, 2.05) is 48.6 Å². The van der Waals surface area contributed by atoms with E-state index in [0.717, 1.165) is 32.6 Å². The van der Waals surface area contributed by atoms with Crippen LogP contribution in [0.3, 0.4) is 0 Å². The molecule has 11 heteroatoms. The molecular weight excluding hydrogens is 519 g/mol. The predicted octanol–water partition coefficient (Wildman–Crippen LogP) is 5.85. The van der Waals surface area contributed by atoms with Crippen molar-refractivity contribution in [2.24, 2.45) is 0 Å². The minimum absolute atomic E-state index is 0.0810. The Bertz CT molecular complexity index is 1690. The molecule has 0 amide bonds. The van der Waals surface area contributed by atoms with Gasteiger partial charge in [-0.2, -0.15) is 22.8 Å². The van der Waals surface area contributed by atoms with Crippen molar-refractivity contribution in [1.29, 1.82) is 0 Å². The van der Waals surface area contributed by atoms with Crippen LogP contribution < -0.4 is 10.4 Å². The predicted molar refractivity (Wildman–Crippen MR) is 138 cm³/mol. The summed E-state index contributed by atoms with van der Waals surface area (Å²) in [6.07, 6.45) is 1.83. The van der Waals surface area contributed by atoms with Crippen LogP contribution in [0.1, 0.15) is 22.4 Å². The van der Waals surface area contributed by atoms with Crippen molar-refractivity contribution >= 4 is 29.4 Å². The average molecular weight is 538 g/mol. The zero-order valence-electron chi connectivity index (χ0n) is 19.9.